The molecule has 5 heteroatoms. The monoisotopic (exact) mass is 300 g/mol. The predicted octanol–water partition coefficient (Wildman–Crippen LogP) is 4.22. The maximum Gasteiger partial charge on any atom is 0.230 e. The van der Waals surface area contributed by atoms with Crippen LogP contribution in [0.1, 0.15) is 11.8 Å². The number of aromatic nitrogens is 1. The average molecular weight is 300 g/mol. The molecule has 0 unspecified atom stereocenters. The van der Waals surface area contributed by atoms with Gasteiger partial charge in [-0.25, -0.2) is 0 Å². The van der Waals surface area contributed by atoms with Gasteiger partial charge in [-0.1, -0.05) is 24.2 Å². The summed E-state index contributed by atoms with van der Waals surface area (Å²) in [5.41, 5.74) is 8.56. The Morgan fingerprint density at radius 2 is 1.95 bits per heavy atom. The van der Waals surface area contributed by atoms with Crippen molar-refractivity contribution in [1.82, 2.24) is 5.16 Å². The second-order valence-corrected chi connectivity index (χ2v) is 5.79. The van der Waals surface area contributed by atoms with Gasteiger partial charge in [0.2, 0.25) is 5.88 Å². The maximum atomic E-state index is 5.96. The molecule has 2 aromatic heterocycles. The third-order valence-corrected chi connectivity index (χ3v) is 4.58. The normalized spacial score (nSPS) is 10.8. The Morgan fingerprint density at radius 3 is 2.57 bits per heavy atom. The van der Waals surface area contributed by atoms with Gasteiger partial charge in [-0.3, -0.25) is 0 Å². The van der Waals surface area contributed by atoms with Crippen LogP contribution in [-0.4, -0.2) is 12.3 Å². The molecule has 1 aromatic carbocycles. The average Bonchev–Trinajstić information content (AvgIpc) is 3.13. The fourth-order valence-electron chi connectivity index (χ4n) is 2.20. The van der Waals surface area contributed by atoms with Crippen LogP contribution in [0.4, 0.5) is 5.88 Å². The molecule has 0 saturated carbocycles. The van der Waals surface area contributed by atoms with E-state index >= 15 is 0 Å². The Labute approximate surface area is 127 Å². The number of rotatable bonds is 4. The number of hydrogen-bond acceptors (Lipinski definition) is 5. The highest BCUT2D eigenvalue weighted by Gasteiger charge is 2.18. The number of aryl methyl sites for hydroxylation is 1. The molecule has 0 amide bonds. The zero-order valence-corrected chi connectivity index (χ0v) is 12.7. The van der Waals surface area contributed by atoms with E-state index in [0.717, 1.165) is 33.9 Å². The van der Waals surface area contributed by atoms with Crippen molar-refractivity contribution in [2.75, 3.05) is 12.8 Å². The zero-order valence-electron chi connectivity index (χ0n) is 11.9. The number of anilines is 1. The first-order valence-electron chi connectivity index (χ1n) is 6.71. The van der Waals surface area contributed by atoms with Crippen molar-refractivity contribution in [1.29, 1.82) is 0 Å². The molecule has 21 heavy (non-hydrogen) atoms. The first-order valence-corrected chi connectivity index (χ1v) is 7.53. The van der Waals surface area contributed by atoms with Gasteiger partial charge < -0.3 is 15.0 Å². The lowest BCUT2D eigenvalue weighted by molar-refractivity contribution is 0.415. The molecule has 0 aliphatic heterocycles. The van der Waals surface area contributed by atoms with Crippen LogP contribution in [0.2, 0.25) is 0 Å². The highest BCUT2D eigenvalue weighted by atomic mass is 32.1. The molecular formula is C16H16N2O2S. The molecule has 108 valence electrons. The van der Waals surface area contributed by atoms with Crippen LogP contribution < -0.4 is 10.5 Å². The SMILES string of the molecule is CCc1ccc(-c2noc(N)c2-c2ccc(OC)cc2)s1. The molecule has 0 bridgehead atoms. The highest BCUT2D eigenvalue weighted by Crippen LogP contribution is 2.39. The minimum absolute atomic E-state index is 0.335. The largest absolute Gasteiger partial charge is 0.497 e. The van der Waals surface area contributed by atoms with E-state index in [2.05, 4.69) is 24.2 Å². The molecular weight excluding hydrogens is 284 g/mol. The number of benzene rings is 1. The predicted molar refractivity (Wildman–Crippen MR) is 85.6 cm³/mol. The van der Waals surface area contributed by atoms with Crippen molar-refractivity contribution in [2.45, 2.75) is 13.3 Å². The maximum absolute atomic E-state index is 5.96. The van der Waals surface area contributed by atoms with Gasteiger partial charge in [0.15, 0.2) is 0 Å². The standard InChI is InChI=1S/C16H16N2O2S/c1-3-12-8-9-13(21-12)15-14(16(17)20-18-15)10-4-6-11(19-2)7-5-10/h4-9H,3,17H2,1-2H3. The molecule has 0 saturated heterocycles. The summed E-state index contributed by atoms with van der Waals surface area (Å²) in [5.74, 6) is 1.14. The van der Waals surface area contributed by atoms with Gasteiger partial charge in [0.25, 0.3) is 0 Å². The lowest BCUT2D eigenvalue weighted by Gasteiger charge is -2.03. The van der Waals surface area contributed by atoms with Gasteiger partial charge in [-0.2, -0.15) is 0 Å². The van der Waals surface area contributed by atoms with Crippen molar-refractivity contribution < 1.29 is 9.26 Å². The van der Waals surface area contributed by atoms with E-state index < -0.39 is 0 Å². The van der Waals surface area contributed by atoms with Crippen molar-refractivity contribution in [2.24, 2.45) is 0 Å². The number of thiophene rings is 1. The quantitative estimate of drug-likeness (QED) is 0.783. The molecule has 0 aliphatic carbocycles. The van der Waals surface area contributed by atoms with Crippen molar-refractivity contribution >= 4 is 17.2 Å². The highest BCUT2D eigenvalue weighted by molar-refractivity contribution is 7.15. The molecule has 0 atom stereocenters. The van der Waals surface area contributed by atoms with Gasteiger partial charge in [-0.05, 0) is 36.2 Å². The lowest BCUT2D eigenvalue weighted by atomic mass is 10.0. The second kappa shape index (κ2) is 5.61. The van der Waals surface area contributed by atoms with E-state index in [9.17, 15) is 0 Å². The van der Waals surface area contributed by atoms with Gasteiger partial charge in [0.05, 0.1) is 17.6 Å². The fraction of sp³-hybridized carbons (Fsp3) is 0.188. The third-order valence-electron chi connectivity index (χ3n) is 3.34. The van der Waals surface area contributed by atoms with E-state index in [1.165, 1.54) is 4.88 Å². The van der Waals surface area contributed by atoms with Crippen LogP contribution in [0, 0.1) is 0 Å². The number of nitrogens with zero attached hydrogens (tertiary/aromatic N) is 1. The van der Waals surface area contributed by atoms with Gasteiger partial charge in [0.1, 0.15) is 11.4 Å². The Balaban J connectivity index is 2.07. The first kappa shape index (κ1) is 13.7. The molecule has 4 nitrogen and oxygen atoms in total. The number of ether oxygens (including phenoxy) is 1. The Morgan fingerprint density at radius 1 is 1.19 bits per heavy atom. The molecule has 0 fully saturated rings. The van der Waals surface area contributed by atoms with E-state index in [1.54, 1.807) is 18.4 Å². The number of nitrogen functional groups attached to an aromatic ring is 1. The molecule has 3 rings (SSSR count). The summed E-state index contributed by atoms with van der Waals surface area (Å²) in [4.78, 5) is 2.38. The topological polar surface area (TPSA) is 61.3 Å². The summed E-state index contributed by atoms with van der Waals surface area (Å²) in [6.07, 6.45) is 1.01. The lowest BCUT2D eigenvalue weighted by Crippen LogP contribution is -1.87. The van der Waals surface area contributed by atoms with Crippen LogP contribution in [0.15, 0.2) is 40.9 Å². The fourth-order valence-corrected chi connectivity index (χ4v) is 3.14. The van der Waals surface area contributed by atoms with Crippen LogP contribution >= 0.6 is 11.3 Å². The van der Waals surface area contributed by atoms with Crippen LogP contribution in [-0.2, 0) is 6.42 Å². The third kappa shape index (κ3) is 2.52. The Kier molecular flexibility index (Phi) is 3.66. The number of methoxy groups -OCH3 is 1. The smallest absolute Gasteiger partial charge is 0.230 e. The van der Waals surface area contributed by atoms with E-state index in [-0.39, 0.29) is 0 Å². The first-order chi connectivity index (χ1) is 10.2. The van der Waals surface area contributed by atoms with E-state index in [1.807, 2.05) is 24.3 Å². The molecule has 0 aliphatic rings. The van der Waals surface area contributed by atoms with Gasteiger partial charge >= 0.3 is 0 Å². The summed E-state index contributed by atoms with van der Waals surface area (Å²) in [7, 11) is 1.64. The minimum Gasteiger partial charge on any atom is -0.497 e. The Hall–Kier alpha value is -2.27. The van der Waals surface area contributed by atoms with Crippen LogP contribution in [0.3, 0.4) is 0 Å². The van der Waals surface area contributed by atoms with Gasteiger partial charge in [0, 0.05) is 4.88 Å². The van der Waals surface area contributed by atoms with E-state index in [4.69, 9.17) is 15.0 Å². The summed E-state index contributed by atoms with van der Waals surface area (Å²) in [6, 6.07) is 11.9. The Bertz CT molecular complexity index is 744. The minimum atomic E-state index is 0.335. The van der Waals surface area contributed by atoms with Crippen molar-refractivity contribution in [3.8, 4) is 27.4 Å². The van der Waals surface area contributed by atoms with Crippen LogP contribution in [0.5, 0.6) is 5.75 Å². The summed E-state index contributed by atoms with van der Waals surface area (Å²) in [5, 5.41) is 4.13. The molecule has 2 heterocycles. The summed E-state index contributed by atoms with van der Waals surface area (Å²) < 4.78 is 10.4. The summed E-state index contributed by atoms with van der Waals surface area (Å²) >= 11 is 1.71. The molecule has 3 aromatic rings. The second-order valence-electron chi connectivity index (χ2n) is 4.62. The molecule has 2 N–H and O–H groups in total. The zero-order chi connectivity index (χ0) is 14.8. The van der Waals surface area contributed by atoms with E-state index in [0.29, 0.717) is 5.88 Å². The molecule has 0 spiro atoms. The number of hydrogen-bond donors (Lipinski definition) is 1. The summed E-state index contributed by atoms with van der Waals surface area (Å²) in [6.45, 7) is 2.14. The van der Waals surface area contributed by atoms with Crippen LogP contribution in [0.25, 0.3) is 21.7 Å². The number of nitrogens with two attached hydrogens (primary N) is 1. The molecule has 0 radical (unpaired) electrons. The van der Waals surface area contributed by atoms with Crippen molar-refractivity contribution in [3.05, 3.63) is 41.3 Å². The van der Waals surface area contributed by atoms with Gasteiger partial charge in [-0.15, -0.1) is 11.3 Å². The van der Waals surface area contributed by atoms with Crippen molar-refractivity contribution in [3.63, 3.8) is 0 Å².